The van der Waals surface area contributed by atoms with Gasteiger partial charge in [-0.1, -0.05) is 42.5 Å². The van der Waals surface area contributed by atoms with E-state index in [4.69, 9.17) is 0 Å². The van der Waals surface area contributed by atoms with Gasteiger partial charge in [-0.3, -0.25) is 19.5 Å². The summed E-state index contributed by atoms with van der Waals surface area (Å²) < 4.78 is 0. The van der Waals surface area contributed by atoms with Crippen LogP contribution in [0, 0.1) is 0 Å². The second-order valence-corrected chi connectivity index (χ2v) is 8.35. The molecular weight excluding hydrogens is 396 g/mol. The summed E-state index contributed by atoms with van der Waals surface area (Å²) in [6.45, 7) is 1.58. The molecule has 1 aliphatic heterocycles. The Kier molecular flexibility index (Phi) is 6.21. The number of rotatable bonds is 6. The highest BCUT2D eigenvalue weighted by Crippen LogP contribution is 2.31. The van der Waals surface area contributed by atoms with Crippen LogP contribution < -0.4 is 5.32 Å². The molecular formula is C23H24N4O2S. The number of amides is 2. The van der Waals surface area contributed by atoms with Crippen LogP contribution in [0.3, 0.4) is 0 Å². The lowest BCUT2D eigenvalue weighted by molar-refractivity contribution is -0.144. The summed E-state index contributed by atoms with van der Waals surface area (Å²) in [4.78, 5) is 34.5. The molecule has 3 heterocycles. The second kappa shape index (κ2) is 9.19. The summed E-state index contributed by atoms with van der Waals surface area (Å²) in [5.41, 5.74) is 1.98. The smallest absolute Gasteiger partial charge is 0.261 e. The van der Waals surface area contributed by atoms with Crippen molar-refractivity contribution in [3.63, 3.8) is 0 Å². The fraction of sp³-hybridized carbons (Fsp3) is 0.261. The third-order valence-corrected chi connectivity index (χ3v) is 6.21. The van der Waals surface area contributed by atoms with Crippen molar-refractivity contribution >= 4 is 23.2 Å². The van der Waals surface area contributed by atoms with Crippen LogP contribution in [0.2, 0.25) is 0 Å². The van der Waals surface area contributed by atoms with Crippen molar-refractivity contribution in [2.75, 3.05) is 20.1 Å². The molecule has 4 rings (SSSR count). The van der Waals surface area contributed by atoms with Gasteiger partial charge in [0, 0.05) is 45.1 Å². The number of carbonyl (C=O) groups excluding carboxylic acids is 2. The van der Waals surface area contributed by atoms with Crippen molar-refractivity contribution < 1.29 is 9.59 Å². The van der Waals surface area contributed by atoms with Crippen molar-refractivity contribution in [1.82, 2.24) is 20.1 Å². The number of piperazine rings is 1. The number of hydrogen-bond donors (Lipinski definition) is 1. The molecule has 2 amide bonds. The summed E-state index contributed by atoms with van der Waals surface area (Å²) in [6, 6.07) is 17.0. The molecule has 2 atom stereocenters. The van der Waals surface area contributed by atoms with Gasteiger partial charge < -0.3 is 10.2 Å². The molecule has 6 nitrogen and oxygen atoms in total. The molecule has 30 heavy (non-hydrogen) atoms. The highest BCUT2D eigenvalue weighted by atomic mass is 32.1. The van der Waals surface area contributed by atoms with Gasteiger partial charge in [0.25, 0.3) is 5.91 Å². The zero-order chi connectivity index (χ0) is 20.9. The maximum absolute atomic E-state index is 13.2. The SMILES string of the molecule is CN1C[C@@H](CNC(=O)c2cccs2)N(Cc2cccnc2)[C@@H](c2ccccc2)C1=O. The summed E-state index contributed by atoms with van der Waals surface area (Å²) in [7, 11) is 1.83. The van der Waals surface area contributed by atoms with Gasteiger partial charge in [-0.2, -0.15) is 0 Å². The molecule has 3 aromatic rings. The first kappa shape index (κ1) is 20.3. The first-order valence-corrected chi connectivity index (χ1v) is 10.8. The van der Waals surface area contributed by atoms with Gasteiger partial charge in [0.2, 0.25) is 5.91 Å². The Morgan fingerprint density at radius 1 is 1.17 bits per heavy atom. The van der Waals surface area contributed by atoms with Crippen molar-refractivity contribution in [2.24, 2.45) is 0 Å². The van der Waals surface area contributed by atoms with E-state index in [0.29, 0.717) is 24.5 Å². The van der Waals surface area contributed by atoms with Crippen LogP contribution in [0.25, 0.3) is 0 Å². The number of thiophene rings is 1. The number of pyridine rings is 1. The average molecular weight is 421 g/mol. The molecule has 154 valence electrons. The standard InChI is InChI=1S/C23H24N4O2S/c1-26-16-19(14-25-22(28)20-10-6-12-30-20)27(15-17-7-5-11-24-13-17)21(23(26)29)18-8-3-2-4-9-18/h2-13,19,21H,14-16H2,1H3,(H,25,28)/t19-,21+/m1/s1. The molecule has 1 fully saturated rings. The van der Waals surface area contributed by atoms with Crippen molar-refractivity contribution in [3.05, 3.63) is 88.4 Å². The number of benzene rings is 1. The van der Waals surface area contributed by atoms with Gasteiger partial charge in [0.1, 0.15) is 6.04 Å². The van der Waals surface area contributed by atoms with Gasteiger partial charge in [-0.15, -0.1) is 11.3 Å². The molecule has 1 aliphatic rings. The maximum Gasteiger partial charge on any atom is 0.261 e. The molecule has 0 saturated carbocycles. The van der Waals surface area contributed by atoms with Gasteiger partial charge in [-0.05, 0) is 28.6 Å². The van der Waals surface area contributed by atoms with Gasteiger partial charge in [0.15, 0.2) is 0 Å². The molecule has 1 aromatic carbocycles. The quantitative estimate of drug-likeness (QED) is 0.666. The number of likely N-dealkylation sites (N-methyl/N-ethyl adjacent to an activating group) is 1. The molecule has 7 heteroatoms. The van der Waals surface area contributed by atoms with Crippen LogP contribution in [0.1, 0.15) is 26.8 Å². The summed E-state index contributed by atoms with van der Waals surface area (Å²) >= 11 is 1.42. The highest BCUT2D eigenvalue weighted by molar-refractivity contribution is 7.12. The molecule has 2 aromatic heterocycles. The number of carbonyl (C=O) groups is 2. The fourth-order valence-corrected chi connectivity index (χ4v) is 4.49. The minimum absolute atomic E-state index is 0.0259. The van der Waals surface area contributed by atoms with Crippen molar-refractivity contribution in [2.45, 2.75) is 18.6 Å². The van der Waals surface area contributed by atoms with Crippen LogP contribution in [0.4, 0.5) is 0 Å². The Morgan fingerprint density at radius 2 is 2.00 bits per heavy atom. The summed E-state index contributed by atoms with van der Waals surface area (Å²) in [5.74, 6) is -0.0203. The van der Waals surface area contributed by atoms with E-state index in [0.717, 1.165) is 11.1 Å². The number of hydrogen-bond acceptors (Lipinski definition) is 5. The molecule has 1 N–H and O–H groups in total. The molecule has 1 saturated heterocycles. The average Bonchev–Trinajstić information content (AvgIpc) is 3.32. The normalized spacial score (nSPS) is 19.6. The Labute approximate surface area is 180 Å². The predicted octanol–water partition coefficient (Wildman–Crippen LogP) is 2.96. The van der Waals surface area contributed by atoms with Crippen molar-refractivity contribution in [3.8, 4) is 0 Å². The Bertz CT molecular complexity index is 979. The lowest BCUT2D eigenvalue weighted by Crippen LogP contribution is -2.59. The van der Waals surface area contributed by atoms with E-state index in [-0.39, 0.29) is 17.9 Å². The maximum atomic E-state index is 13.2. The van der Waals surface area contributed by atoms with Gasteiger partial charge in [0.05, 0.1) is 4.88 Å². The zero-order valence-corrected chi connectivity index (χ0v) is 17.6. The van der Waals surface area contributed by atoms with E-state index in [1.165, 1.54) is 11.3 Å². The highest BCUT2D eigenvalue weighted by Gasteiger charge is 2.40. The largest absolute Gasteiger partial charge is 0.350 e. The third-order valence-electron chi connectivity index (χ3n) is 5.34. The molecule has 0 spiro atoms. The monoisotopic (exact) mass is 420 g/mol. The first-order valence-electron chi connectivity index (χ1n) is 9.90. The predicted molar refractivity (Wildman–Crippen MR) is 117 cm³/mol. The van der Waals surface area contributed by atoms with E-state index in [9.17, 15) is 9.59 Å². The van der Waals surface area contributed by atoms with E-state index in [1.54, 1.807) is 11.1 Å². The zero-order valence-electron chi connectivity index (χ0n) is 16.8. The third kappa shape index (κ3) is 4.42. The first-order chi connectivity index (χ1) is 14.6. The van der Waals surface area contributed by atoms with E-state index in [1.807, 2.05) is 73.2 Å². The molecule has 0 unspecified atom stereocenters. The summed E-state index contributed by atoms with van der Waals surface area (Å²) in [6.07, 6.45) is 3.57. The molecule has 0 radical (unpaired) electrons. The number of nitrogens with zero attached hydrogens (tertiary/aromatic N) is 3. The minimum Gasteiger partial charge on any atom is -0.350 e. The van der Waals surface area contributed by atoms with Crippen molar-refractivity contribution in [1.29, 1.82) is 0 Å². The number of nitrogens with one attached hydrogen (secondary N) is 1. The van der Waals surface area contributed by atoms with Crippen LogP contribution in [0.15, 0.2) is 72.4 Å². The molecule has 0 aliphatic carbocycles. The van der Waals surface area contributed by atoms with Gasteiger partial charge in [-0.25, -0.2) is 0 Å². The Morgan fingerprint density at radius 3 is 2.70 bits per heavy atom. The molecule has 0 bridgehead atoms. The van der Waals surface area contributed by atoms with E-state index >= 15 is 0 Å². The van der Waals surface area contributed by atoms with Crippen LogP contribution in [-0.4, -0.2) is 52.8 Å². The second-order valence-electron chi connectivity index (χ2n) is 7.41. The van der Waals surface area contributed by atoms with Crippen LogP contribution >= 0.6 is 11.3 Å². The van der Waals surface area contributed by atoms with Crippen LogP contribution in [0.5, 0.6) is 0 Å². The lowest BCUT2D eigenvalue weighted by Gasteiger charge is -2.45. The van der Waals surface area contributed by atoms with Gasteiger partial charge >= 0.3 is 0 Å². The lowest BCUT2D eigenvalue weighted by atomic mass is 9.97. The Hall–Kier alpha value is -3.03. The fourth-order valence-electron chi connectivity index (χ4n) is 3.85. The van der Waals surface area contributed by atoms with Crippen LogP contribution in [-0.2, 0) is 11.3 Å². The van der Waals surface area contributed by atoms with E-state index in [2.05, 4.69) is 15.2 Å². The topological polar surface area (TPSA) is 65.5 Å². The Balaban J connectivity index is 1.61. The van der Waals surface area contributed by atoms with E-state index < -0.39 is 6.04 Å². The number of aromatic nitrogens is 1. The summed E-state index contributed by atoms with van der Waals surface area (Å²) in [5, 5.41) is 4.95. The minimum atomic E-state index is -0.409.